The van der Waals surface area contributed by atoms with E-state index in [0.29, 0.717) is 0 Å². The molecule has 1 heterocycles. The molecule has 1 rings (SSSR count). The number of morpholine rings is 1. The molecule has 0 atom stereocenters. The van der Waals surface area contributed by atoms with Crippen molar-refractivity contribution in [3.63, 3.8) is 0 Å². The van der Waals surface area contributed by atoms with Gasteiger partial charge in [0, 0.05) is 46.3 Å². The maximum Gasteiger partial charge on any atom is 0.193 e. The van der Waals surface area contributed by atoms with Crippen LogP contribution in [-0.2, 0) is 4.74 Å². The molecule has 0 aromatic carbocycles. The van der Waals surface area contributed by atoms with Gasteiger partial charge in [-0.25, -0.2) is 0 Å². The Morgan fingerprint density at radius 1 is 1.26 bits per heavy atom. The van der Waals surface area contributed by atoms with E-state index in [1.165, 1.54) is 19.3 Å². The molecule has 0 spiro atoms. The summed E-state index contributed by atoms with van der Waals surface area (Å²) in [7, 11) is 2.14. The number of nitrogens with zero attached hydrogens (tertiary/aromatic N) is 3. The van der Waals surface area contributed by atoms with Crippen molar-refractivity contribution in [3.8, 4) is 0 Å². The van der Waals surface area contributed by atoms with Crippen molar-refractivity contribution in [1.82, 2.24) is 15.1 Å². The minimum atomic E-state index is 0.875. The summed E-state index contributed by atoms with van der Waals surface area (Å²) in [6, 6.07) is 0. The molecule has 0 amide bonds. The van der Waals surface area contributed by atoms with Gasteiger partial charge in [0.15, 0.2) is 5.96 Å². The van der Waals surface area contributed by atoms with Crippen LogP contribution in [0.3, 0.4) is 0 Å². The number of unbranched alkanes of at least 4 members (excludes halogenated alkanes) is 3. The standard InChI is InChI=1S/C18H36N4O/c1-4-6-7-8-9-12-21(3)18(19-5-2)20-11-10-13-22-14-16-23-17-15-22/h4H,1,5-17H2,2-3H3,(H,19,20). The first-order valence-corrected chi connectivity index (χ1v) is 9.18. The third-order valence-corrected chi connectivity index (χ3v) is 4.10. The number of allylic oxidation sites excluding steroid dienone is 1. The summed E-state index contributed by atoms with van der Waals surface area (Å²) in [6.45, 7) is 13.8. The molecule has 0 saturated carbocycles. The SMILES string of the molecule is C=CCCCCCN(C)C(=NCCCN1CCOCC1)NCC. The molecule has 1 fully saturated rings. The van der Waals surface area contributed by atoms with Crippen LogP contribution in [0.4, 0.5) is 0 Å². The van der Waals surface area contributed by atoms with Crippen LogP contribution in [0.25, 0.3) is 0 Å². The Kier molecular flexibility index (Phi) is 11.6. The lowest BCUT2D eigenvalue weighted by atomic mass is 10.2. The van der Waals surface area contributed by atoms with Crippen LogP contribution in [0.5, 0.6) is 0 Å². The minimum absolute atomic E-state index is 0.875. The van der Waals surface area contributed by atoms with Gasteiger partial charge in [0.05, 0.1) is 13.2 Å². The van der Waals surface area contributed by atoms with Crippen molar-refractivity contribution >= 4 is 5.96 Å². The maximum absolute atomic E-state index is 5.38. The van der Waals surface area contributed by atoms with Crippen LogP contribution in [0, 0.1) is 0 Å². The van der Waals surface area contributed by atoms with Gasteiger partial charge >= 0.3 is 0 Å². The summed E-state index contributed by atoms with van der Waals surface area (Å²) in [6.07, 6.45) is 7.95. The van der Waals surface area contributed by atoms with E-state index in [2.05, 4.69) is 35.7 Å². The second-order valence-corrected chi connectivity index (χ2v) is 6.10. The van der Waals surface area contributed by atoms with Gasteiger partial charge in [0.25, 0.3) is 0 Å². The summed E-state index contributed by atoms with van der Waals surface area (Å²) >= 11 is 0. The van der Waals surface area contributed by atoms with Crippen molar-refractivity contribution in [2.45, 2.75) is 39.0 Å². The molecular weight excluding hydrogens is 288 g/mol. The smallest absolute Gasteiger partial charge is 0.193 e. The van der Waals surface area contributed by atoms with Crippen molar-refractivity contribution in [1.29, 1.82) is 0 Å². The third kappa shape index (κ3) is 9.61. The van der Waals surface area contributed by atoms with E-state index in [4.69, 9.17) is 9.73 Å². The fourth-order valence-electron chi connectivity index (χ4n) is 2.69. The highest BCUT2D eigenvalue weighted by Gasteiger charge is 2.09. The number of guanidine groups is 1. The maximum atomic E-state index is 5.38. The molecule has 0 radical (unpaired) electrons. The van der Waals surface area contributed by atoms with E-state index < -0.39 is 0 Å². The molecule has 0 unspecified atom stereocenters. The molecule has 134 valence electrons. The van der Waals surface area contributed by atoms with E-state index in [0.717, 1.165) is 71.3 Å². The van der Waals surface area contributed by atoms with Crippen molar-refractivity contribution in [2.75, 3.05) is 59.5 Å². The van der Waals surface area contributed by atoms with Crippen molar-refractivity contribution in [3.05, 3.63) is 12.7 Å². The normalized spacial score (nSPS) is 16.3. The number of nitrogens with one attached hydrogen (secondary N) is 1. The van der Waals surface area contributed by atoms with Gasteiger partial charge < -0.3 is 15.0 Å². The van der Waals surface area contributed by atoms with E-state index in [-0.39, 0.29) is 0 Å². The topological polar surface area (TPSA) is 40.1 Å². The fraction of sp³-hybridized carbons (Fsp3) is 0.833. The van der Waals surface area contributed by atoms with E-state index >= 15 is 0 Å². The minimum Gasteiger partial charge on any atom is -0.379 e. The zero-order valence-corrected chi connectivity index (χ0v) is 15.2. The van der Waals surface area contributed by atoms with Gasteiger partial charge in [0.2, 0.25) is 0 Å². The van der Waals surface area contributed by atoms with Crippen LogP contribution in [0.1, 0.15) is 39.0 Å². The number of hydrogen-bond acceptors (Lipinski definition) is 3. The van der Waals surface area contributed by atoms with Crippen LogP contribution < -0.4 is 5.32 Å². The predicted molar refractivity (Wildman–Crippen MR) is 99.1 cm³/mol. The molecule has 0 aliphatic carbocycles. The average molecular weight is 325 g/mol. The Hall–Kier alpha value is -1.07. The van der Waals surface area contributed by atoms with E-state index in [1.54, 1.807) is 0 Å². The largest absolute Gasteiger partial charge is 0.379 e. The molecular formula is C18H36N4O. The molecule has 0 bridgehead atoms. The van der Waals surface area contributed by atoms with Gasteiger partial charge in [-0.15, -0.1) is 6.58 Å². The molecule has 23 heavy (non-hydrogen) atoms. The first-order valence-electron chi connectivity index (χ1n) is 9.18. The Labute approximate surface area is 142 Å². The molecule has 5 nitrogen and oxygen atoms in total. The molecule has 0 aromatic rings. The Bertz CT molecular complexity index is 327. The Morgan fingerprint density at radius 2 is 2.04 bits per heavy atom. The van der Waals surface area contributed by atoms with E-state index in [9.17, 15) is 0 Å². The lowest BCUT2D eigenvalue weighted by Crippen LogP contribution is -2.40. The fourth-order valence-corrected chi connectivity index (χ4v) is 2.69. The molecule has 1 saturated heterocycles. The summed E-state index contributed by atoms with van der Waals surface area (Å²) in [5, 5.41) is 3.40. The van der Waals surface area contributed by atoms with Crippen LogP contribution in [-0.4, -0.2) is 75.3 Å². The lowest BCUT2D eigenvalue weighted by Gasteiger charge is -2.26. The highest BCUT2D eigenvalue weighted by atomic mass is 16.5. The molecule has 1 N–H and O–H groups in total. The van der Waals surface area contributed by atoms with Gasteiger partial charge in [-0.1, -0.05) is 12.5 Å². The van der Waals surface area contributed by atoms with Gasteiger partial charge in [-0.05, 0) is 32.6 Å². The van der Waals surface area contributed by atoms with Gasteiger partial charge in [0.1, 0.15) is 0 Å². The third-order valence-electron chi connectivity index (χ3n) is 4.10. The van der Waals surface area contributed by atoms with Crippen LogP contribution in [0.15, 0.2) is 17.6 Å². The molecule has 5 heteroatoms. The monoisotopic (exact) mass is 324 g/mol. The molecule has 0 aromatic heterocycles. The van der Waals surface area contributed by atoms with Crippen molar-refractivity contribution < 1.29 is 4.74 Å². The first-order chi connectivity index (χ1) is 11.3. The number of hydrogen-bond donors (Lipinski definition) is 1. The second-order valence-electron chi connectivity index (χ2n) is 6.10. The summed E-state index contributed by atoms with van der Waals surface area (Å²) in [5.41, 5.74) is 0. The van der Waals surface area contributed by atoms with Crippen LogP contribution >= 0.6 is 0 Å². The number of aliphatic imine (C=N–C) groups is 1. The molecule has 1 aliphatic heterocycles. The first kappa shape index (κ1) is 20.0. The Balaban J connectivity index is 2.23. The Morgan fingerprint density at radius 3 is 2.74 bits per heavy atom. The van der Waals surface area contributed by atoms with E-state index in [1.807, 2.05) is 6.08 Å². The summed E-state index contributed by atoms with van der Waals surface area (Å²) < 4.78 is 5.38. The quantitative estimate of drug-likeness (QED) is 0.274. The van der Waals surface area contributed by atoms with Gasteiger partial charge in [-0.3, -0.25) is 9.89 Å². The van der Waals surface area contributed by atoms with Crippen molar-refractivity contribution in [2.24, 2.45) is 4.99 Å². The zero-order chi connectivity index (χ0) is 16.8. The number of rotatable bonds is 11. The number of ether oxygens (including phenoxy) is 1. The molecule has 1 aliphatic rings. The lowest BCUT2D eigenvalue weighted by molar-refractivity contribution is 0.0377. The van der Waals surface area contributed by atoms with Gasteiger partial charge in [-0.2, -0.15) is 0 Å². The summed E-state index contributed by atoms with van der Waals surface area (Å²) in [4.78, 5) is 9.49. The second kappa shape index (κ2) is 13.4. The summed E-state index contributed by atoms with van der Waals surface area (Å²) in [5.74, 6) is 1.04. The highest BCUT2D eigenvalue weighted by molar-refractivity contribution is 5.79. The van der Waals surface area contributed by atoms with Crippen LogP contribution in [0.2, 0.25) is 0 Å². The zero-order valence-electron chi connectivity index (χ0n) is 15.2. The predicted octanol–water partition coefficient (Wildman–Crippen LogP) is 2.35. The average Bonchev–Trinajstić information content (AvgIpc) is 2.58. The highest BCUT2D eigenvalue weighted by Crippen LogP contribution is 2.02.